The van der Waals surface area contributed by atoms with Crippen molar-refractivity contribution < 1.29 is 17.5 Å². The Balaban J connectivity index is 2.15. The molecule has 6 heteroatoms. The van der Waals surface area contributed by atoms with Crippen LogP contribution in [0.5, 0.6) is 0 Å². The summed E-state index contributed by atoms with van der Waals surface area (Å²) < 4.78 is 45.4. The van der Waals surface area contributed by atoms with Gasteiger partial charge in [-0.25, -0.2) is 17.5 Å². The number of rotatable bonds is 6. The maximum Gasteiger partial charge on any atom is 0.240 e. The Morgan fingerprint density at radius 3 is 2.55 bits per heavy atom. The number of hydrogen-bond acceptors (Lipinski definition) is 3. The number of halogens is 1. The van der Waals surface area contributed by atoms with E-state index >= 15 is 0 Å². The van der Waals surface area contributed by atoms with Gasteiger partial charge in [0, 0.05) is 13.7 Å². The summed E-state index contributed by atoms with van der Waals surface area (Å²) in [5.41, 5.74) is 1.92. The minimum absolute atomic E-state index is 0.0696. The van der Waals surface area contributed by atoms with Crippen LogP contribution in [0.2, 0.25) is 0 Å². The zero-order valence-corrected chi connectivity index (χ0v) is 13.2. The average Bonchev–Trinajstić information content (AvgIpc) is 2.49. The zero-order chi connectivity index (χ0) is 16.2. The summed E-state index contributed by atoms with van der Waals surface area (Å²) in [6.45, 7) is 2.00. The van der Waals surface area contributed by atoms with Gasteiger partial charge in [-0.2, -0.15) is 0 Å². The maximum atomic E-state index is 13.2. The van der Waals surface area contributed by atoms with Crippen molar-refractivity contribution in [1.29, 1.82) is 0 Å². The molecule has 0 aliphatic heterocycles. The fourth-order valence-electron chi connectivity index (χ4n) is 2.17. The van der Waals surface area contributed by atoms with Gasteiger partial charge in [-0.3, -0.25) is 0 Å². The highest BCUT2D eigenvalue weighted by Gasteiger charge is 2.19. The molecule has 1 N–H and O–H groups in total. The molecule has 4 nitrogen and oxygen atoms in total. The number of ether oxygens (including phenoxy) is 1. The molecule has 0 aromatic heterocycles. The quantitative estimate of drug-likeness (QED) is 0.889. The van der Waals surface area contributed by atoms with Crippen LogP contribution in [0.25, 0.3) is 0 Å². The smallest absolute Gasteiger partial charge is 0.240 e. The molecule has 1 unspecified atom stereocenters. The van der Waals surface area contributed by atoms with E-state index in [1.165, 1.54) is 25.3 Å². The first-order valence-corrected chi connectivity index (χ1v) is 8.26. The highest BCUT2D eigenvalue weighted by molar-refractivity contribution is 7.89. The van der Waals surface area contributed by atoms with E-state index in [9.17, 15) is 12.8 Å². The average molecular weight is 323 g/mol. The molecule has 2 rings (SSSR count). The van der Waals surface area contributed by atoms with E-state index in [2.05, 4.69) is 4.72 Å². The number of methoxy groups -OCH3 is 1. The molecule has 1 atom stereocenters. The van der Waals surface area contributed by atoms with Gasteiger partial charge in [0.15, 0.2) is 0 Å². The van der Waals surface area contributed by atoms with Crippen LogP contribution in [0.15, 0.2) is 53.4 Å². The van der Waals surface area contributed by atoms with Crippen molar-refractivity contribution in [3.8, 4) is 0 Å². The molecule has 2 aromatic rings. The summed E-state index contributed by atoms with van der Waals surface area (Å²) in [4.78, 5) is -0.105. The summed E-state index contributed by atoms with van der Waals surface area (Å²) in [5, 5.41) is 0. The van der Waals surface area contributed by atoms with Crippen LogP contribution in [0.3, 0.4) is 0 Å². The number of aryl methyl sites for hydroxylation is 1. The normalized spacial score (nSPS) is 13.0. The Morgan fingerprint density at radius 2 is 1.91 bits per heavy atom. The zero-order valence-electron chi connectivity index (χ0n) is 12.4. The van der Waals surface area contributed by atoms with Crippen LogP contribution >= 0.6 is 0 Å². The van der Waals surface area contributed by atoms with E-state index in [4.69, 9.17) is 4.74 Å². The molecule has 0 aliphatic carbocycles. The molecule has 118 valence electrons. The Bertz CT molecular complexity index is 747. The molecule has 0 spiro atoms. The molecule has 0 heterocycles. The summed E-state index contributed by atoms with van der Waals surface area (Å²) in [6.07, 6.45) is -0.412. The first kappa shape index (κ1) is 16.6. The monoisotopic (exact) mass is 323 g/mol. The predicted octanol–water partition coefficient (Wildman–Crippen LogP) is 2.80. The SMILES string of the molecule is COC(CNS(=O)(=O)c1cccc(F)c1)c1ccccc1C. The van der Waals surface area contributed by atoms with Crippen LogP contribution in [-0.4, -0.2) is 22.1 Å². The second kappa shape index (κ2) is 7.00. The van der Waals surface area contributed by atoms with E-state index in [0.29, 0.717) is 0 Å². The first-order chi connectivity index (χ1) is 10.4. The van der Waals surface area contributed by atoms with Crippen molar-refractivity contribution in [2.45, 2.75) is 17.9 Å². The molecule has 22 heavy (non-hydrogen) atoms. The summed E-state index contributed by atoms with van der Waals surface area (Å²) in [7, 11) is -2.26. The third kappa shape index (κ3) is 3.91. The minimum Gasteiger partial charge on any atom is -0.375 e. The molecule has 2 aromatic carbocycles. The lowest BCUT2D eigenvalue weighted by Crippen LogP contribution is -2.29. The van der Waals surface area contributed by atoms with Crippen LogP contribution in [0.1, 0.15) is 17.2 Å². The van der Waals surface area contributed by atoms with Gasteiger partial charge in [-0.15, -0.1) is 0 Å². The third-order valence-electron chi connectivity index (χ3n) is 3.38. The van der Waals surface area contributed by atoms with Crippen LogP contribution < -0.4 is 4.72 Å². The number of hydrogen-bond donors (Lipinski definition) is 1. The molecule has 0 amide bonds. The standard InChI is InChI=1S/C16H18FNO3S/c1-12-6-3-4-9-15(12)16(21-2)11-18-22(19,20)14-8-5-7-13(17)10-14/h3-10,16,18H,11H2,1-2H3. The van der Waals surface area contributed by atoms with Gasteiger partial charge in [0.2, 0.25) is 10.0 Å². The van der Waals surface area contributed by atoms with Crippen molar-refractivity contribution in [3.63, 3.8) is 0 Å². The molecule has 0 saturated heterocycles. The van der Waals surface area contributed by atoms with E-state index in [1.807, 2.05) is 31.2 Å². The van der Waals surface area contributed by atoms with Gasteiger partial charge in [0.25, 0.3) is 0 Å². The molecule has 0 radical (unpaired) electrons. The van der Waals surface area contributed by atoms with Crippen molar-refractivity contribution in [3.05, 3.63) is 65.5 Å². The van der Waals surface area contributed by atoms with E-state index < -0.39 is 21.9 Å². The highest BCUT2D eigenvalue weighted by Crippen LogP contribution is 2.20. The predicted molar refractivity (Wildman–Crippen MR) is 82.5 cm³/mol. The Hall–Kier alpha value is -1.76. The van der Waals surface area contributed by atoms with Crippen LogP contribution in [-0.2, 0) is 14.8 Å². The van der Waals surface area contributed by atoms with Gasteiger partial charge in [0.1, 0.15) is 5.82 Å². The van der Waals surface area contributed by atoms with Crippen LogP contribution in [0, 0.1) is 12.7 Å². The van der Waals surface area contributed by atoms with Crippen molar-refractivity contribution in [2.75, 3.05) is 13.7 Å². The van der Waals surface area contributed by atoms with E-state index in [0.717, 1.165) is 17.2 Å². The Morgan fingerprint density at radius 1 is 1.18 bits per heavy atom. The van der Waals surface area contributed by atoms with E-state index in [-0.39, 0.29) is 11.4 Å². The largest absolute Gasteiger partial charge is 0.375 e. The maximum absolute atomic E-state index is 13.2. The van der Waals surface area contributed by atoms with E-state index in [1.54, 1.807) is 0 Å². The molecule has 0 fully saturated rings. The molecular weight excluding hydrogens is 305 g/mol. The third-order valence-corrected chi connectivity index (χ3v) is 4.81. The second-order valence-corrected chi connectivity index (χ2v) is 6.66. The van der Waals surface area contributed by atoms with Gasteiger partial charge in [0.05, 0.1) is 11.0 Å². The number of sulfonamides is 1. The lowest BCUT2D eigenvalue weighted by Gasteiger charge is -2.18. The van der Waals surface area contributed by atoms with Crippen molar-refractivity contribution >= 4 is 10.0 Å². The fraction of sp³-hybridized carbons (Fsp3) is 0.250. The first-order valence-electron chi connectivity index (χ1n) is 6.77. The van der Waals surface area contributed by atoms with Gasteiger partial charge in [-0.05, 0) is 36.2 Å². The summed E-state index contributed by atoms with van der Waals surface area (Å²) in [6, 6.07) is 12.5. The molecule has 0 bridgehead atoms. The van der Waals surface area contributed by atoms with Crippen molar-refractivity contribution in [1.82, 2.24) is 4.72 Å². The topological polar surface area (TPSA) is 55.4 Å². The minimum atomic E-state index is -3.78. The number of nitrogens with one attached hydrogen (secondary N) is 1. The Kier molecular flexibility index (Phi) is 5.28. The second-order valence-electron chi connectivity index (χ2n) is 4.89. The molecule has 0 saturated carbocycles. The van der Waals surface area contributed by atoms with Gasteiger partial charge < -0.3 is 4.74 Å². The lowest BCUT2D eigenvalue weighted by molar-refractivity contribution is 0.107. The molecular formula is C16H18FNO3S. The highest BCUT2D eigenvalue weighted by atomic mass is 32.2. The van der Waals surface area contributed by atoms with Crippen LogP contribution in [0.4, 0.5) is 4.39 Å². The fourth-order valence-corrected chi connectivity index (χ4v) is 3.23. The number of benzene rings is 2. The lowest BCUT2D eigenvalue weighted by atomic mass is 10.0. The van der Waals surface area contributed by atoms with Crippen molar-refractivity contribution in [2.24, 2.45) is 0 Å². The summed E-state index contributed by atoms with van der Waals surface area (Å²) >= 11 is 0. The van der Waals surface area contributed by atoms with Gasteiger partial charge >= 0.3 is 0 Å². The Labute approximate surface area is 130 Å². The van der Waals surface area contributed by atoms with Gasteiger partial charge in [-0.1, -0.05) is 30.3 Å². The molecule has 0 aliphatic rings. The summed E-state index contributed by atoms with van der Waals surface area (Å²) in [5.74, 6) is -0.593.